The van der Waals surface area contributed by atoms with E-state index in [0.717, 1.165) is 12.8 Å². The van der Waals surface area contributed by atoms with Crippen molar-refractivity contribution >= 4 is 17.5 Å². The Bertz CT molecular complexity index is 536. The average Bonchev–Trinajstić information content (AvgIpc) is 2.55. The number of amides is 1. The number of carbonyl (C=O) groups excluding carboxylic acids is 1. The van der Waals surface area contributed by atoms with Gasteiger partial charge in [0.1, 0.15) is 5.82 Å². The Balaban J connectivity index is 2.16. The minimum absolute atomic E-state index is 0.00406. The van der Waals surface area contributed by atoms with Crippen LogP contribution in [0.15, 0.2) is 18.2 Å². The van der Waals surface area contributed by atoms with E-state index in [9.17, 15) is 9.18 Å². The molecule has 0 saturated carbocycles. The molecular formula is C18H26ClFN2O2. The molecule has 6 heteroatoms. The van der Waals surface area contributed by atoms with Crippen LogP contribution >= 0.6 is 11.6 Å². The summed E-state index contributed by atoms with van der Waals surface area (Å²) in [7, 11) is 0. The van der Waals surface area contributed by atoms with Gasteiger partial charge in [-0.05, 0) is 25.5 Å². The van der Waals surface area contributed by atoms with Crippen molar-refractivity contribution in [2.24, 2.45) is 0 Å². The minimum atomic E-state index is -0.338. The number of morpholine rings is 1. The minimum Gasteiger partial charge on any atom is -0.376 e. The maximum Gasteiger partial charge on any atom is 0.220 e. The molecule has 134 valence electrons. The van der Waals surface area contributed by atoms with Crippen molar-refractivity contribution in [1.29, 1.82) is 0 Å². The van der Waals surface area contributed by atoms with Crippen molar-refractivity contribution < 1.29 is 13.9 Å². The molecule has 2 rings (SSSR count). The molecule has 2 atom stereocenters. The Kier molecular flexibility index (Phi) is 7.46. The van der Waals surface area contributed by atoms with Gasteiger partial charge in [-0.1, -0.05) is 31.0 Å². The normalized spacial score (nSPS) is 19.9. The standard InChI is InChI=1S/C18H26ClFN2O2/c1-3-4-8-17(23)21-11-16(22-9-10-24-13(2)12-22)18-14(19)6-5-7-15(18)20/h5-7,13,16H,3-4,8-12H2,1-2H3,(H,21,23)/t13-,16-/m1/s1. The smallest absolute Gasteiger partial charge is 0.220 e. The molecule has 1 N–H and O–H groups in total. The number of nitrogens with one attached hydrogen (secondary N) is 1. The molecule has 0 radical (unpaired) electrons. The van der Waals surface area contributed by atoms with Gasteiger partial charge < -0.3 is 10.1 Å². The van der Waals surface area contributed by atoms with E-state index in [0.29, 0.717) is 43.2 Å². The van der Waals surface area contributed by atoms with E-state index in [1.54, 1.807) is 12.1 Å². The third-order valence-corrected chi connectivity index (χ3v) is 4.63. The Morgan fingerprint density at radius 1 is 1.54 bits per heavy atom. The summed E-state index contributed by atoms with van der Waals surface area (Å²) in [6.07, 6.45) is 2.39. The SMILES string of the molecule is CCCCC(=O)NC[C@H](c1c(F)cccc1Cl)N1CCO[C@H](C)C1. The maximum atomic E-state index is 14.4. The number of unbranched alkanes of at least 4 members (excludes halogenated alkanes) is 1. The van der Waals surface area contributed by atoms with Crippen LogP contribution in [0.3, 0.4) is 0 Å². The van der Waals surface area contributed by atoms with Gasteiger partial charge in [-0.3, -0.25) is 9.69 Å². The van der Waals surface area contributed by atoms with E-state index in [1.807, 2.05) is 13.8 Å². The summed E-state index contributed by atoms with van der Waals surface area (Å²) in [5, 5.41) is 3.33. The summed E-state index contributed by atoms with van der Waals surface area (Å²) in [5.74, 6) is -0.343. The summed E-state index contributed by atoms with van der Waals surface area (Å²) in [5.41, 5.74) is 0.448. The molecule has 4 nitrogen and oxygen atoms in total. The van der Waals surface area contributed by atoms with Crippen molar-refractivity contribution in [3.63, 3.8) is 0 Å². The van der Waals surface area contributed by atoms with Crippen LogP contribution < -0.4 is 5.32 Å². The second-order valence-electron chi connectivity index (χ2n) is 6.24. The molecule has 1 saturated heterocycles. The van der Waals surface area contributed by atoms with Gasteiger partial charge in [-0.2, -0.15) is 0 Å². The van der Waals surface area contributed by atoms with E-state index in [2.05, 4.69) is 10.2 Å². The van der Waals surface area contributed by atoms with Crippen LogP contribution in [0.1, 0.15) is 44.7 Å². The first kappa shape index (κ1) is 19.2. The molecule has 0 spiro atoms. The van der Waals surface area contributed by atoms with Gasteiger partial charge >= 0.3 is 0 Å². The van der Waals surface area contributed by atoms with Crippen LogP contribution in [0.25, 0.3) is 0 Å². The third-order valence-electron chi connectivity index (χ3n) is 4.30. The zero-order valence-corrected chi connectivity index (χ0v) is 15.1. The largest absolute Gasteiger partial charge is 0.376 e. The highest BCUT2D eigenvalue weighted by atomic mass is 35.5. The molecule has 1 aliphatic heterocycles. The Labute approximate surface area is 148 Å². The quantitative estimate of drug-likeness (QED) is 0.812. The monoisotopic (exact) mass is 356 g/mol. The molecule has 0 aromatic heterocycles. The van der Waals surface area contributed by atoms with Crippen molar-refractivity contribution in [2.75, 3.05) is 26.2 Å². The van der Waals surface area contributed by atoms with Gasteiger partial charge in [0.2, 0.25) is 5.91 Å². The number of rotatable bonds is 7. The molecule has 1 fully saturated rings. The number of benzene rings is 1. The highest BCUT2D eigenvalue weighted by molar-refractivity contribution is 6.31. The number of ether oxygens (including phenoxy) is 1. The fourth-order valence-corrected chi connectivity index (χ4v) is 3.30. The van der Waals surface area contributed by atoms with Gasteiger partial charge in [-0.25, -0.2) is 4.39 Å². The number of hydrogen-bond donors (Lipinski definition) is 1. The van der Waals surface area contributed by atoms with Crippen LogP contribution in [-0.4, -0.2) is 43.2 Å². The number of halogens is 2. The molecule has 24 heavy (non-hydrogen) atoms. The first-order valence-corrected chi connectivity index (χ1v) is 8.97. The second-order valence-corrected chi connectivity index (χ2v) is 6.64. The lowest BCUT2D eigenvalue weighted by Gasteiger charge is -2.38. The predicted molar refractivity (Wildman–Crippen MR) is 93.7 cm³/mol. The number of hydrogen-bond acceptors (Lipinski definition) is 3. The Hall–Kier alpha value is -1.17. The van der Waals surface area contributed by atoms with E-state index in [1.165, 1.54) is 6.07 Å². The summed E-state index contributed by atoms with van der Waals surface area (Å²) in [6, 6.07) is 4.41. The van der Waals surface area contributed by atoms with Gasteiger partial charge in [0.15, 0.2) is 0 Å². The molecule has 1 aromatic rings. The summed E-state index contributed by atoms with van der Waals surface area (Å²) in [4.78, 5) is 14.1. The number of nitrogens with zero attached hydrogens (tertiary/aromatic N) is 1. The van der Waals surface area contributed by atoms with Crippen molar-refractivity contribution in [2.45, 2.75) is 45.3 Å². The Morgan fingerprint density at radius 3 is 3.00 bits per heavy atom. The highest BCUT2D eigenvalue weighted by Crippen LogP contribution is 2.31. The average molecular weight is 357 g/mol. The van der Waals surface area contributed by atoms with Gasteiger partial charge in [-0.15, -0.1) is 0 Å². The van der Waals surface area contributed by atoms with Crippen LogP contribution in [0, 0.1) is 5.82 Å². The predicted octanol–water partition coefficient (Wildman–Crippen LogP) is 3.55. The van der Waals surface area contributed by atoms with E-state index in [4.69, 9.17) is 16.3 Å². The molecular weight excluding hydrogens is 331 g/mol. The molecule has 1 aliphatic rings. The highest BCUT2D eigenvalue weighted by Gasteiger charge is 2.29. The van der Waals surface area contributed by atoms with Gasteiger partial charge in [0.05, 0.1) is 18.8 Å². The van der Waals surface area contributed by atoms with Crippen molar-refractivity contribution in [1.82, 2.24) is 10.2 Å². The summed E-state index contributed by atoms with van der Waals surface area (Å²) in [6.45, 7) is 6.34. The molecule has 0 bridgehead atoms. The van der Waals surface area contributed by atoms with Crippen molar-refractivity contribution in [3.8, 4) is 0 Å². The summed E-state index contributed by atoms with van der Waals surface area (Å²) < 4.78 is 20.0. The summed E-state index contributed by atoms with van der Waals surface area (Å²) >= 11 is 6.27. The topological polar surface area (TPSA) is 41.6 Å². The Morgan fingerprint density at radius 2 is 2.33 bits per heavy atom. The lowest BCUT2D eigenvalue weighted by atomic mass is 10.0. The zero-order valence-electron chi connectivity index (χ0n) is 14.4. The second kappa shape index (κ2) is 9.35. The van der Waals surface area contributed by atoms with E-state index >= 15 is 0 Å². The van der Waals surface area contributed by atoms with Crippen LogP contribution in [0.5, 0.6) is 0 Å². The molecule has 1 heterocycles. The van der Waals surface area contributed by atoms with Crippen LogP contribution in [-0.2, 0) is 9.53 Å². The third kappa shape index (κ3) is 5.16. The molecule has 1 amide bonds. The van der Waals surface area contributed by atoms with Gasteiger partial charge in [0, 0.05) is 36.6 Å². The van der Waals surface area contributed by atoms with E-state index < -0.39 is 0 Å². The fraction of sp³-hybridized carbons (Fsp3) is 0.611. The van der Waals surface area contributed by atoms with Crippen molar-refractivity contribution in [3.05, 3.63) is 34.6 Å². The molecule has 1 aromatic carbocycles. The van der Waals surface area contributed by atoms with Crippen LogP contribution in [0.2, 0.25) is 5.02 Å². The first-order chi connectivity index (χ1) is 11.5. The first-order valence-electron chi connectivity index (χ1n) is 8.59. The number of carbonyl (C=O) groups is 1. The van der Waals surface area contributed by atoms with Gasteiger partial charge in [0.25, 0.3) is 0 Å². The lowest BCUT2D eigenvalue weighted by molar-refractivity contribution is -0.121. The van der Waals surface area contributed by atoms with E-state index in [-0.39, 0.29) is 23.9 Å². The molecule has 0 aliphatic carbocycles. The fourth-order valence-electron chi connectivity index (χ4n) is 3.01. The zero-order chi connectivity index (χ0) is 17.5. The lowest BCUT2D eigenvalue weighted by Crippen LogP contribution is -2.46. The van der Waals surface area contributed by atoms with Crippen LogP contribution in [0.4, 0.5) is 4.39 Å². The maximum absolute atomic E-state index is 14.4. The molecule has 0 unspecified atom stereocenters.